The fraction of sp³-hybridized carbons (Fsp3) is 0.200. The van der Waals surface area contributed by atoms with Gasteiger partial charge in [0.1, 0.15) is 11.6 Å². The predicted molar refractivity (Wildman–Crippen MR) is 87.2 cm³/mol. The standard InChI is InChI=1S/C15H12Br2ClFO/c1-8-5-13(17)11(7-12(8)16)15(18)10-4-3-9(20-2)6-14(10)19/h3-7,15H,1-2H3. The Kier molecular flexibility index (Phi) is 5.10. The number of halogens is 4. The summed E-state index contributed by atoms with van der Waals surface area (Å²) in [4.78, 5) is 0. The second kappa shape index (κ2) is 6.46. The van der Waals surface area contributed by atoms with Gasteiger partial charge in [0.2, 0.25) is 0 Å². The maximum atomic E-state index is 14.1. The van der Waals surface area contributed by atoms with E-state index in [0.717, 1.165) is 20.1 Å². The highest BCUT2D eigenvalue weighted by atomic mass is 79.9. The molecular formula is C15H12Br2ClFO. The average molecular weight is 423 g/mol. The summed E-state index contributed by atoms with van der Waals surface area (Å²) in [6.07, 6.45) is 0. The first-order valence-corrected chi connectivity index (χ1v) is 7.89. The molecule has 1 atom stereocenters. The summed E-state index contributed by atoms with van der Waals surface area (Å²) >= 11 is 13.4. The largest absolute Gasteiger partial charge is 0.497 e. The number of hydrogen-bond acceptors (Lipinski definition) is 1. The monoisotopic (exact) mass is 420 g/mol. The van der Waals surface area contributed by atoms with Gasteiger partial charge in [-0.1, -0.05) is 37.9 Å². The van der Waals surface area contributed by atoms with Crippen molar-refractivity contribution >= 4 is 43.5 Å². The van der Waals surface area contributed by atoms with Crippen molar-refractivity contribution in [1.82, 2.24) is 0 Å². The van der Waals surface area contributed by atoms with Gasteiger partial charge >= 0.3 is 0 Å². The number of aryl methyl sites for hydroxylation is 1. The molecule has 1 unspecified atom stereocenters. The minimum atomic E-state index is -0.577. The Balaban J connectivity index is 2.46. The Labute approximate surface area is 139 Å². The molecule has 2 rings (SSSR count). The molecule has 0 aliphatic carbocycles. The molecule has 0 N–H and O–H groups in total. The third-order valence-corrected chi connectivity index (χ3v) is 5.04. The molecule has 106 valence electrons. The molecule has 2 aromatic rings. The fourth-order valence-electron chi connectivity index (χ4n) is 1.86. The average Bonchev–Trinajstić information content (AvgIpc) is 2.42. The normalized spacial score (nSPS) is 12.3. The lowest BCUT2D eigenvalue weighted by Gasteiger charge is -2.15. The Bertz CT molecular complexity index is 646. The highest BCUT2D eigenvalue weighted by Gasteiger charge is 2.19. The summed E-state index contributed by atoms with van der Waals surface area (Å²) in [5, 5.41) is -0.577. The molecule has 0 saturated carbocycles. The molecule has 0 spiro atoms. The van der Waals surface area contributed by atoms with Crippen LogP contribution in [0.3, 0.4) is 0 Å². The van der Waals surface area contributed by atoms with Crippen LogP contribution in [0.4, 0.5) is 4.39 Å². The van der Waals surface area contributed by atoms with Crippen molar-refractivity contribution in [3.63, 3.8) is 0 Å². The number of hydrogen-bond donors (Lipinski definition) is 0. The van der Waals surface area contributed by atoms with E-state index >= 15 is 0 Å². The van der Waals surface area contributed by atoms with Crippen LogP contribution in [-0.4, -0.2) is 7.11 Å². The number of alkyl halides is 1. The van der Waals surface area contributed by atoms with E-state index in [1.54, 1.807) is 12.1 Å². The first-order valence-electron chi connectivity index (χ1n) is 5.87. The van der Waals surface area contributed by atoms with Crippen molar-refractivity contribution in [2.45, 2.75) is 12.3 Å². The lowest BCUT2D eigenvalue weighted by atomic mass is 10.0. The van der Waals surface area contributed by atoms with Crippen LogP contribution in [-0.2, 0) is 0 Å². The summed E-state index contributed by atoms with van der Waals surface area (Å²) in [5.74, 6) is 0.0900. The molecule has 0 bridgehead atoms. The van der Waals surface area contributed by atoms with Gasteiger partial charge in [-0.3, -0.25) is 0 Å². The highest BCUT2D eigenvalue weighted by Crippen LogP contribution is 2.38. The summed E-state index contributed by atoms with van der Waals surface area (Å²) < 4.78 is 20.9. The molecule has 0 fully saturated rings. The molecule has 20 heavy (non-hydrogen) atoms. The van der Waals surface area contributed by atoms with Crippen LogP contribution in [0, 0.1) is 12.7 Å². The van der Waals surface area contributed by atoms with E-state index in [-0.39, 0.29) is 5.82 Å². The Morgan fingerprint density at radius 1 is 1.10 bits per heavy atom. The van der Waals surface area contributed by atoms with E-state index in [1.165, 1.54) is 13.2 Å². The third kappa shape index (κ3) is 3.18. The van der Waals surface area contributed by atoms with Gasteiger partial charge in [-0.2, -0.15) is 0 Å². The van der Waals surface area contributed by atoms with Crippen LogP contribution in [0.15, 0.2) is 39.3 Å². The number of benzene rings is 2. The van der Waals surface area contributed by atoms with Crippen molar-refractivity contribution < 1.29 is 9.13 Å². The molecule has 0 amide bonds. The van der Waals surface area contributed by atoms with Crippen molar-refractivity contribution in [3.05, 3.63) is 61.8 Å². The van der Waals surface area contributed by atoms with Crippen molar-refractivity contribution in [2.24, 2.45) is 0 Å². The lowest BCUT2D eigenvalue weighted by Crippen LogP contribution is -1.99. The van der Waals surface area contributed by atoms with Gasteiger partial charge in [-0.05, 0) is 36.2 Å². The Morgan fingerprint density at radius 3 is 2.40 bits per heavy atom. The molecule has 0 aliphatic rings. The van der Waals surface area contributed by atoms with Gasteiger partial charge in [0, 0.05) is 20.6 Å². The van der Waals surface area contributed by atoms with Crippen LogP contribution in [0.25, 0.3) is 0 Å². The van der Waals surface area contributed by atoms with Crippen LogP contribution < -0.4 is 4.74 Å². The summed E-state index contributed by atoms with van der Waals surface area (Å²) in [6.45, 7) is 1.98. The van der Waals surface area contributed by atoms with E-state index < -0.39 is 5.38 Å². The fourth-order valence-corrected chi connectivity index (χ4v) is 3.40. The minimum absolute atomic E-state index is 0.382. The zero-order valence-electron chi connectivity index (χ0n) is 10.9. The maximum absolute atomic E-state index is 14.1. The number of ether oxygens (including phenoxy) is 1. The zero-order chi connectivity index (χ0) is 14.9. The molecule has 0 radical (unpaired) electrons. The maximum Gasteiger partial charge on any atom is 0.131 e. The number of methoxy groups -OCH3 is 1. The van der Waals surface area contributed by atoms with E-state index in [9.17, 15) is 4.39 Å². The second-order valence-corrected chi connectivity index (χ2v) is 6.52. The van der Waals surface area contributed by atoms with Gasteiger partial charge in [-0.25, -0.2) is 4.39 Å². The van der Waals surface area contributed by atoms with E-state index in [0.29, 0.717) is 11.3 Å². The molecule has 2 aromatic carbocycles. The molecule has 1 nitrogen and oxygen atoms in total. The van der Waals surface area contributed by atoms with Crippen molar-refractivity contribution in [2.75, 3.05) is 7.11 Å². The molecular weight excluding hydrogens is 410 g/mol. The second-order valence-electron chi connectivity index (χ2n) is 4.37. The summed E-state index contributed by atoms with van der Waals surface area (Å²) in [6, 6.07) is 8.54. The minimum Gasteiger partial charge on any atom is -0.497 e. The molecule has 0 saturated heterocycles. The van der Waals surface area contributed by atoms with E-state index in [1.807, 2.05) is 19.1 Å². The Hall–Kier alpha value is -0.580. The SMILES string of the molecule is COc1ccc(C(Cl)c2cc(Br)c(C)cc2Br)c(F)c1. The van der Waals surface area contributed by atoms with Crippen LogP contribution in [0.1, 0.15) is 22.1 Å². The third-order valence-electron chi connectivity index (χ3n) is 3.03. The summed E-state index contributed by atoms with van der Waals surface area (Å²) in [7, 11) is 1.50. The lowest BCUT2D eigenvalue weighted by molar-refractivity contribution is 0.410. The first-order chi connectivity index (χ1) is 9.43. The smallest absolute Gasteiger partial charge is 0.131 e. The predicted octanol–water partition coefficient (Wildman–Crippen LogP) is 6.00. The topological polar surface area (TPSA) is 9.23 Å². The van der Waals surface area contributed by atoms with Gasteiger partial charge in [-0.15, -0.1) is 11.6 Å². The molecule has 0 heterocycles. The van der Waals surface area contributed by atoms with Crippen LogP contribution in [0.5, 0.6) is 5.75 Å². The van der Waals surface area contributed by atoms with Gasteiger partial charge in [0.15, 0.2) is 0 Å². The Morgan fingerprint density at radius 2 is 1.80 bits per heavy atom. The van der Waals surface area contributed by atoms with Crippen molar-refractivity contribution in [3.8, 4) is 5.75 Å². The van der Waals surface area contributed by atoms with E-state index in [2.05, 4.69) is 31.9 Å². The quantitative estimate of drug-likeness (QED) is 0.552. The molecule has 0 aliphatic heterocycles. The van der Waals surface area contributed by atoms with Gasteiger partial charge in [0.05, 0.1) is 12.5 Å². The summed E-state index contributed by atoms with van der Waals surface area (Å²) in [5.41, 5.74) is 2.32. The molecule has 0 aromatic heterocycles. The first kappa shape index (κ1) is 15.8. The van der Waals surface area contributed by atoms with Gasteiger partial charge < -0.3 is 4.74 Å². The van der Waals surface area contributed by atoms with Crippen LogP contribution >= 0.6 is 43.5 Å². The van der Waals surface area contributed by atoms with E-state index in [4.69, 9.17) is 16.3 Å². The molecule has 5 heteroatoms. The van der Waals surface area contributed by atoms with Crippen LogP contribution in [0.2, 0.25) is 0 Å². The van der Waals surface area contributed by atoms with Crippen molar-refractivity contribution in [1.29, 1.82) is 0 Å². The number of rotatable bonds is 3. The highest BCUT2D eigenvalue weighted by molar-refractivity contribution is 9.11. The van der Waals surface area contributed by atoms with Gasteiger partial charge in [0.25, 0.3) is 0 Å². The zero-order valence-corrected chi connectivity index (χ0v) is 14.8.